The zero-order valence-corrected chi connectivity index (χ0v) is 8.13. The summed E-state index contributed by atoms with van der Waals surface area (Å²) in [6, 6.07) is 0. The summed E-state index contributed by atoms with van der Waals surface area (Å²) >= 11 is 3.35. The van der Waals surface area contributed by atoms with Gasteiger partial charge in [0.2, 0.25) is 0 Å². The molecule has 62 valence electrons. The van der Waals surface area contributed by atoms with E-state index in [2.05, 4.69) is 30.8 Å². The van der Waals surface area contributed by atoms with Gasteiger partial charge in [0, 0.05) is 18.9 Å². The third-order valence-corrected chi connectivity index (χ3v) is 2.15. The fourth-order valence-electron chi connectivity index (χ4n) is 0.904. The van der Waals surface area contributed by atoms with E-state index in [4.69, 9.17) is 0 Å². The van der Waals surface area contributed by atoms with Crippen LogP contribution in [0.25, 0.3) is 0 Å². The Labute approximate surface area is 74.9 Å². The number of nitrogens with zero attached hydrogens (tertiary/aromatic N) is 2. The van der Waals surface area contributed by atoms with Crippen LogP contribution in [0.4, 0.5) is 0 Å². The summed E-state index contributed by atoms with van der Waals surface area (Å²) in [7, 11) is 1.96. The van der Waals surface area contributed by atoms with Crippen molar-refractivity contribution in [1.82, 2.24) is 14.9 Å². The van der Waals surface area contributed by atoms with Gasteiger partial charge in [-0.25, -0.2) is 4.98 Å². The van der Waals surface area contributed by atoms with Gasteiger partial charge in [0.25, 0.3) is 0 Å². The molecule has 1 heterocycles. The molecule has 0 atom stereocenters. The van der Waals surface area contributed by atoms with Crippen molar-refractivity contribution in [2.75, 3.05) is 13.6 Å². The number of aromatic nitrogens is 2. The van der Waals surface area contributed by atoms with Crippen LogP contribution in [0.1, 0.15) is 6.42 Å². The van der Waals surface area contributed by atoms with Crippen molar-refractivity contribution in [1.29, 1.82) is 0 Å². The van der Waals surface area contributed by atoms with Crippen molar-refractivity contribution in [3.05, 3.63) is 17.1 Å². The third-order valence-electron chi connectivity index (χ3n) is 1.49. The van der Waals surface area contributed by atoms with Gasteiger partial charge >= 0.3 is 0 Å². The van der Waals surface area contributed by atoms with Crippen molar-refractivity contribution < 1.29 is 0 Å². The maximum Gasteiger partial charge on any atom is 0.177 e. The van der Waals surface area contributed by atoms with Gasteiger partial charge in [0.1, 0.15) is 0 Å². The summed E-state index contributed by atoms with van der Waals surface area (Å²) in [4.78, 5) is 4.05. The number of hydrogen-bond acceptors (Lipinski definition) is 2. The van der Waals surface area contributed by atoms with E-state index in [9.17, 15) is 0 Å². The maximum absolute atomic E-state index is 4.05. The molecule has 0 aliphatic carbocycles. The molecule has 3 nitrogen and oxygen atoms in total. The molecule has 0 unspecified atom stereocenters. The molecule has 0 aromatic carbocycles. The monoisotopic (exact) mass is 217 g/mol. The van der Waals surface area contributed by atoms with E-state index in [0.29, 0.717) is 0 Å². The summed E-state index contributed by atoms with van der Waals surface area (Å²) in [6.07, 6.45) is 4.90. The first kappa shape index (κ1) is 8.74. The van der Waals surface area contributed by atoms with Crippen LogP contribution in [-0.2, 0) is 6.54 Å². The average molecular weight is 218 g/mol. The van der Waals surface area contributed by atoms with E-state index >= 15 is 0 Å². The second-order valence-corrected chi connectivity index (χ2v) is 3.06. The zero-order valence-electron chi connectivity index (χ0n) is 6.55. The van der Waals surface area contributed by atoms with Crippen LogP contribution >= 0.6 is 15.9 Å². The highest BCUT2D eigenvalue weighted by Crippen LogP contribution is 2.05. The molecule has 0 aliphatic heterocycles. The average Bonchev–Trinajstić information content (AvgIpc) is 2.37. The molecule has 1 aromatic rings. The van der Waals surface area contributed by atoms with Crippen molar-refractivity contribution in [2.24, 2.45) is 0 Å². The number of hydrogen-bond donors (Lipinski definition) is 1. The Morgan fingerprint density at radius 3 is 3.09 bits per heavy atom. The fraction of sp³-hybridized carbons (Fsp3) is 0.571. The van der Waals surface area contributed by atoms with Crippen molar-refractivity contribution in [2.45, 2.75) is 13.0 Å². The molecule has 0 aliphatic rings. The predicted molar refractivity (Wildman–Crippen MR) is 48.5 cm³/mol. The molecule has 1 aromatic heterocycles. The summed E-state index contributed by atoms with van der Waals surface area (Å²) in [5.41, 5.74) is 0. The van der Waals surface area contributed by atoms with E-state index in [1.54, 1.807) is 6.20 Å². The standard InChI is InChI=1S/C7H12BrN3/c1-9-3-2-5-11-6-4-10-7(11)8/h4,6,9H,2-3,5H2,1H3. The normalized spacial score (nSPS) is 10.4. The van der Waals surface area contributed by atoms with Crippen LogP contribution in [0, 0.1) is 0 Å². The van der Waals surface area contributed by atoms with Gasteiger partial charge in [-0.3, -0.25) is 0 Å². The molecule has 0 amide bonds. The van der Waals surface area contributed by atoms with E-state index in [1.807, 2.05) is 13.2 Å². The lowest BCUT2D eigenvalue weighted by Gasteiger charge is -2.02. The Morgan fingerprint density at radius 2 is 2.55 bits per heavy atom. The predicted octanol–water partition coefficient (Wildman–Crippen LogP) is 1.26. The molecule has 1 N–H and O–H groups in total. The zero-order chi connectivity index (χ0) is 8.10. The van der Waals surface area contributed by atoms with Crippen LogP contribution in [-0.4, -0.2) is 23.1 Å². The Bertz CT molecular complexity index is 209. The number of aryl methyl sites for hydroxylation is 1. The molecule has 11 heavy (non-hydrogen) atoms. The molecular formula is C7H12BrN3. The summed E-state index contributed by atoms with van der Waals surface area (Å²) in [5.74, 6) is 0. The van der Waals surface area contributed by atoms with Crippen molar-refractivity contribution >= 4 is 15.9 Å². The second kappa shape index (κ2) is 4.51. The molecule has 0 radical (unpaired) electrons. The SMILES string of the molecule is CNCCCn1ccnc1Br. The molecule has 0 saturated heterocycles. The van der Waals surface area contributed by atoms with Crippen LogP contribution < -0.4 is 5.32 Å². The number of imidazole rings is 1. The number of nitrogens with one attached hydrogen (secondary N) is 1. The Hall–Kier alpha value is -0.350. The topological polar surface area (TPSA) is 29.9 Å². The van der Waals surface area contributed by atoms with E-state index < -0.39 is 0 Å². The third kappa shape index (κ3) is 2.63. The van der Waals surface area contributed by atoms with Crippen LogP contribution in [0.15, 0.2) is 17.1 Å². The minimum Gasteiger partial charge on any atom is -0.326 e. The smallest absolute Gasteiger partial charge is 0.177 e. The Kier molecular flexibility index (Phi) is 3.59. The molecule has 0 fully saturated rings. The number of rotatable bonds is 4. The van der Waals surface area contributed by atoms with E-state index in [0.717, 1.165) is 24.2 Å². The molecule has 1 rings (SSSR count). The molecule has 0 bridgehead atoms. The number of halogens is 1. The Balaban J connectivity index is 2.32. The van der Waals surface area contributed by atoms with Gasteiger partial charge in [-0.05, 0) is 35.9 Å². The minimum absolute atomic E-state index is 0.911. The first-order valence-corrected chi connectivity index (χ1v) is 4.45. The lowest BCUT2D eigenvalue weighted by molar-refractivity contribution is 0.604. The molecule has 4 heteroatoms. The van der Waals surface area contributed by atoms with Gasteiger partial charge in [-0.15, -0.1) is 0 Å². The first-order valence-electron chi connectivity index (χ1n) is 3.66. The van der Waals surface area contributed by atoms with Gasteiger partial charge < -0.3 is 9.88 Å². The lowest BCUT2D eigenvalue weighted by Crippen LogP contribution is -2.10. The van der Waals surface area contributed by atoms with Gasteiger partial charge in [-0.2, -0.15) is 0 Å². The highest BCUT2D eigenvalue weighted by Gasteiger charge is 1.95. The van der Waals surface area contributed by atoms with Crippen molar-refractivity contribution in [3.8, 4) is 0 Å². The molecule has 0 spiro atoms. The van der Waals surface area contributed by atoms with Gasteiger partial charge in [0.05, 0.1) is 0 Å². The summed E-state index contributed by atoms with van der Waals surface area (Å²) < 4.78 is 2.99. The fourth-order valence-corrected chi connectivity index (χ4v) is 1.32. The quantitative estimate of drug-likeness (QED) is 0.771. The maximum atomic E-state index is 4.05. The summed E-state index contributed by atoms with van der Waals surface area (Å²) in [5, 5.41) is 3.10. The molecule has 0 saturated carbocycles. The first-order chi connectivity index (χ1) is 5.34. The second-order valence-electron chi connectivity index (χ2n) is 2.35. The van der Waals surface area contributed by atoms with Crippen LogP contribution in [0.3, 0.4) is 0 Å². The highest BCUT2D eigenvalue weighted by atomic mass is 79.9. The van der Waals surface area contributed by atoms with Crippen molar-refractivity contribution in [3.63, 3.8) is 0 Å². The van der Waals surface area contributed by atoms with Gasteiger partial charge in [-0.1, -0.05) is 0 Å². The van der Waals surface area contributed by atoms with Gasteiger partial charge in [0.15, 0.2) is 4.73 Å². The van der Waals surface area contributed by atoms with E-state index in [-0.39, 0.29) is 0 Å². The highest BCUT2D eigenvalue weighted by molar-refractivity contribution is 9.10. The van der Waals surface area contributed by atoms with Crippen LogP contribution in [0.5, 0.6) is 0 Å². The van der Waals surface area contributed by atoms with E-state index in [1.165, 1.54) is 0 Å². The lowest BCUT2D eigenvalue weighted by atomic mass is 10.4. The largest absolute Gasteiger partial charge is 0.326 e. The molecular weight excluding hydrogens is 206 g/mol. The Morgan fingerprint density at radius 1 is 1.73 bits per heavy atom. The summed E-state index contributed by atoms with van der Waals surface area (Å²) in [6.45, 7) is 2.06. The van der Waals surface area contributed by atoms with Crippen LogP contribution in [0.2, 0.25) is 0 Å². The minimum atomic E-state index is 0.911.